The fourth-order valence-electron chi connectivity index (χ4n) is 1.56. The van der Waals surface area contributed by atoms with Gasteiger partial charge < -0.3 is 4.57 Å². The van der Waals surface area contributed by atoms with Crippen molar-refractivity contribution >= 4 is 0 Å². The minimum Gasteiger partial charge on any atom is -0.341 e. The second-order valence-electron chi connectivity index (χ2n) is 4.26. The number of aromatic nitrogens is 2. The molecule has 0 atom stereocenters. The smallest absolute Gasteiger partial charge is 0.0867 e. The van der Waals surface area contributed by atoms with Crippen LogP contribution >= 0.6 is 0 Å². The Labute approximate surface area is 78.6 Å². The van der Waals surface area contributed by atoms with Gasteiger partial charge in [-0.25, -0.2) is 0 Å². The summed E-state index contributed by atoms with van der Waals surface area (Å²) in [6, 6.07) is 6.14. The molecule has 0 fully saturated rings. The molecule has 2 rings (SSSR count). The number of fused-ring (bicyclic) bond motifs is 1. The van der Waals surface area contributed by atoms with Crippen molar-refractivity contribution in [2.45, 2.75) is 26.3 Å². The van der Waals surface area contributed by atoms with Crippen LogP contribution in [0.2, 0.25) is 0 Å². The average Bonchev–Trinajstić information content (AvgIpc) is 2.48. The molecule has 0 bridgehead atoms. The summed E-state index contributed by atoms with van der Waals surface area (Å²) in [5.74, 6) is 0. The molecule has 0 aliphatic carbocycles. The Kier molecular flexibility index (Phi) is 1.65. The third kappa shape index (κ3) is 1.32. The predicted octanol–water partition coefficient (Wildman–Crippen LogP) is 2.74. The van der Waals surface area contributed by atoms with Crippen LogP contribution in [-0.2, 0) is 5.54 Å². The highest BCUT2D eigenvalue weighted by atomic mass is 15.0. The van der Waals surface area contributed by atoms with Crippen LogP contribution in [0.3, 0.4) is 0 Å². The number of hydrogen-bond donors (Lipinski definition) is 0. The Hall–Kier alpha value is -1.31. The van der Waals surface area contributed by atoms with Crippen LogP contribution in [0.25, 0.3) is 11.4 Å². The lowest BCUT2D eigenvalue weighted by Crippen LogP contribution is -2.23. The van der Waals surface area contributed by atoms with E-state index >= 15 is 0 Å². The minimum absolute atomic E-state index is 0.121. The Morgan fingerprint density at radius 1 is 1.23 bits per heavy atom. The molecule has 0 saturated heterocycles. The van der Waals surface area contributed by atoms with Gasteiger partial charge in [-0.2, -0.15) is 0 Å². The second-order valence-corrected chi connectivity index (χ2v) is 4.26. The van der Waals surface area contributed by atoms with Gasteiger partial charge in [-0.3, -0.25) is 4.98 Å². The fourth-order valence-corrected chi connectivity index (χ4v) is 1.56. The summed E-state index contributed by atoms with van der Waals surface area (Å²) < 4.78 is 2.25. The number of rotatable bonds is 0. The summed E-state index contributed by atoms with van der Waals surface area (Å²) in [7, 11) is 0. The summed E-state index contributed by atoms with van der Waals surface area (Å²) in [5.41, 5.74) is 2.39. The molecule has 2 aliphatic rings. The van der Waals surface area contributed by atoms with Crippen molar-refractivity contribution in [1.29, 1.82) is 0 Å². The van der Waals surface area contributed by atoms with Crippen LogP contribution in [0.15, 0.2) is 30.6 Å². The Morgan fingerprint density at radius 2 is 2.00 bits per heavy atom. The third-order valence-corrected chi connectivity index (χ3v) is 2.18. The maximum Gasteiger partial charge on any atom is 0.0867 e. The summed E-state index contributed by atoms with van der Waals surface area (Å²) in [4.78, 5) is 4.27. The molecule has 0 unspecified atom stereocenters. The van der Waals surface area contributed by atoms with Crippen LogP contribution in [0, 0.1) is 0 Å². The van der Waals surface area contributed by atoms with Gasteiger partial charge in [-0.05, 0) is 39.0 Å². The summed E-state index contributed by atoms with van der Waals surface area (Å²) in [5, 5.41) is 0. The summed E-state index contributed by atoms with van der Waals surface area (Å²) in [6.45, 7) is 6.58. The number of hydrogen-bond acceptors (Lipinski definition) is 1. The lowest BCUT2D eigenvalue weighted by molar-refractivity contribution is 0.399. The first-order valence-electron chi connectivity index (χ1n) is 4.51. The van der Waals surface area contributed by atoms with Gasteiger partial charge in [0.15, 0.2) is 0 Å². The van der Waals surface area contributed by atoms with E-state index in [1.54, 1.807) is 0 Å². The van der Waals surface area contributed by atoms with E-state index in [4.69, 9.17) is 0 Å². The van der Waals surface area contributed by atoms with Crippen LogP contribution in [0.5, 0.6) is 0 Å². The van der Waals surface area contributed by atoms with Crippen molar-refractivity contribution in [1.82, 2.24) is 9.55 Å². The van der Waals surface area contributed by atoms with Gasteiger partial charge in [0.25, 0.3) is 0 Å². The molecule has 13 heavy (non-hydrogen) atoms. The standard InChI is InChI=1S/C11H14N2/c1-11(2,3)13-8-4-5-9-10(13)6-7-12-9/h4-8H,1-3H3. The third-order valence-electron chi connectivity index (χ3n) is 2.18. The lowest BCUT2D eigenvalue weighted by atomic mass is 10.1. The van der Waals surface area contributed by atoms with E-state index < -0.39 is 0 Å². The highest BCUT2D eigenvalue weighted by Crippen LogP contribution is 2.25. The molecule has 0 N–H and O–H groups in total. The minimum atomic E-state index is 0.121. The normalized spacial score (nSPS) is 12.2. The first kappa shape index (κ1) is 8.30. The van der Waals surface area contributed by atoms with Gasteiger partial charge in [0.05, 0.1) is 11.4 Å². The molecule has 0 spiro atoms. The van der Waals surface area contributed by atoms with Gasteiger partial charge in [-0.1, -0.05) is 0 Å². The van der Waals surface area contributed by atoms with Gasteiger partial charge >= 0.3 is 0 Å². The highest BCUT2D eigenvalue weighted by Gasteiger charge is 2.17. The van der Waals surface area contributed by atoms with E-state index in [0.717, 1.165) is 5.69 Å². The molecule has 0 amide bonds. The molecule has 0 aromatic heterocycles. The zero-order chi connectivity index (χ0) is 9.47. The lowest BCUT2D eigenvalue weighted by Gasteiger charge is -2.26. The van der Waals surface area contributed by atoms with Crippen molar-refractivity contribution in [2.75, 3.05) is 0 Å². The van der Waals surface area contributed by atoms with Crippen molar-refractivity contribution in [3.8, 4) is 11.4 Å². The maximum absolute atomic E-state index is 4.27. The van der Waals surface area contributed by atoms with E-state index in [1.165, 1.54) is 5.69 Å². The van der Waals surface area contributed by atoms with Crippen molar-refractivity contribution in [2.24, 2.45) is 0 Å². The van der Waals surface area contributed by atoms with E-state index in [2.05, 4.69) is 42.6 Å². The highest BCUT2D eigenvalue weighted by molar-refractivity contribution is 5.56. The van der Waals surface area contributed by atoms with Crippen LogP contribution in [0.1, 0.15) is 20.8 Å². The van der Waals surface area contributed by atoms with Crippen LogP contribution in [-0.4, -0.2) is 9.55 Å². The second kappa shape index (κ2) is 2.59. The zero-order valence-corrected chi connectivity index (χ0v) is 8.28. The molecule has 0 radical (unpaired) electrons. The Bertz CT molecular complexity index is 382. The maximum atomic E-state index is 4.27. The largest absolute Gasteiger partial charge is 0.341 e. The van der Waals surface area contributed by atoms with Gasteiger partial charge in [0, 0.05) is 17.9 Å². The molecule has 2 heterocycles. The molecule has 2 heteroatoms. The SMILES string of the molecule is CC(C)(C)n1cccc2nccc1-2. The summed E-state index contributed by atoms with van der Waals surface area (Å²) >= 11 is 0. The van der Waals surface area contributed by atoms with Crippen molar-refractivity contribution in [3.63, 3.8) is 0 Å². The number of pyridine rings is 1. The van der Waals surface area contributed by atoms with Crippen molar-refractivity contribution in [3.05, 3.63) is 30.6 Å². The van der Waals surface area contributed by atoms with E-state index in [1.807, 2.05) is 18.3 Å². The molecular weight excluding hydrogens is 160 g/mol. The van der Waals surface area contributed by atoms with Crippen LogP contribution in [0.4, 0.5) is 0 Å². The average molecular weight is 174 g/mol. The first-order chi connectivity index (χ1) is 6.09. The molecule has 0 aromatic carbocycles. The van der Waals surface area contributed by atoms with Gasteiger partial charge in [0.2, 0.25) is 0 Å². The Morgan fingerprint density at radius 3 is 2.69 bits per heavy atom. The number of nitrogens with zero attached hydrogens (tertiary/aromatic N) is 2. The molecule has 68 valence electrons. The van der Waals surface area contributed by atoms with Crippen molar-refractivity contribution < 1.29 is 0 Å². The van der Waals surface area contributed by atoms with Gasteiger partial charge in [-0.15, -0.1) is 0 Å². The monoisotopic (exact) mass is 174 g/mol. The van der Waals surface area contributed by atoms with E-state index in [9.17, 15) is 0 Å². The fraction of sp³-hybridized carbons (Fsp3) is 0.364. The molecule has 0 saturated carbocycles. The first-order valence-corrected chi connectivity index (χ1v) is 4.51. The quantitative estimate of drug-likeness (QED) is 0.600. The molecule has 2 nitrogen and oxygen atoms in total. The molecule has 2 aliphatic heterocycles. The summed E-state index contributed by atoms with van der Waals surface area (Å²) in [6.07, 6.45) is 3.96. The van der Waals surface area contributed by atoms with E-state index in [0.29, 0.717) is 0 Å². The Balaban J connectivity index is 2.65. The predicted molar refractivity (Wildman–Crippen MR) is 53.8 cm³/mol. The van der Waals surface area contributed by atoms with Crippen LogP contribution < -0.4 is 0 Å². The molecular formula is C11H14N2. The topological polar surface area (TPSA) is 17.8 Å². The molecule has 0 aromatic rings. The zero-order valence-electron chi connectivity index (χ0n) is 8.28. The van der Waals surface area contributed by atoms with E-state index in [-0.39, 0.29) is 5.54 Å². The van der Waals surface area contributed by atoms with Gasteiger partial charge in [0.1, 0.15) is 0 Å².